The highest BCUT2D eigenvalue weighted by Crippen LogP contribution is 2.22. The lowest BCUT2D eigenvalue weighted by molar-refractivity contribution is 1.34. The van der Waals surface area contributed by atoms with Gasteiger partial charge in [0.2, 0.25) is 0 Å². The normalized spacial score (nSPS) is 10.6. The monoisotopic (exact) mass is 297 g/mol. The number of aromatic amines is 1. The van der Waals surface area contributed by atoms with Crippen LogP contribution in [0.25, 0.3) is 32.7 Å². The first-order valence-corrected chi connectivity index (χ1v) is 7.52. The average Bonchev–Trinajstić information content (AvgIpc) is 3.11. The van der Waals surface area contributed by atoms with Crippen molar-refractivity contribution in [1.29, 1.82) is 0 Å². The maximum absolute atomic E-state index is 4.41. The quantitative estimate of drug-likeness (QED) is 0.411. The Bertz CT molecular complexity index is 995. The zero-order valence-electron chi connectivity index (χ0n) is 12.5. The van der Waals surface area contributed by atoms with Gasteiger partial charge in [-0.05, 0) is 23.6 Å². The summed E-state index contributed by atoms with van der Waals surface area (Å²) in [6.07, 6.45) is 3.54. The zero-order chi connectivity index (χ0) is 15.5. The van der Waals surface area contributed by atoms with Crippen molar-refractivity contribution in [2.24, 2.45) is 0 Å². The van der Waals surface area contributed by atoms with Gasteiger partial charge in [0.25, 0.3) is 0 Å². The number of H-pyrrole nitrogens is 1. The second-order valence-electron chi connectivity index (χ2n) is 5.28. The maximum atomic E-state index is 4.41. The Labute approximate surface area is 133 Å². The molecule has 0 aliphatic carbocycles. The molecule has 0 fully saturated rings. The van der Waals surface area contributed by atoms with E-state index in [-0.39, 0.29) is 0 Å². The Balaban J connectivity index is 0.000000130. The van der Waals surface area contributed by atoms with Crippen molar-refractivity contribution in [1.82, 2.24) is 15.0 Å². The van der Waals surface area contributed by atoms with Gasteiger partial charge >= 0.3 is 0 Å². The predicted octanol–water partition coefficient (Wildman–Crippen LogP) is 4.95. The first-order chi connectivity index (χ1) is 11.4. The van der Waals surface area contributed by atoms with Crippen molar-refractivity contribution in [3.05, 3.63) is 85.3 Å². The zero-order valence-corrected chi connectivity index (χ0v) is 12.5. The van der Waals surface area contributed by atoms with Gasteiger partial charge in [-0.15, -0.1) is 0 Å². The van der Waals surface area contributed by atoms with Gasteiger partial charge in [0, 0.05) is 17.0 Å². The fourth-order valence-corrected chi connectivity index (χ4v) is 2.69. The summed E-state index contributed by atoms with van der Waals surface area (Å²) < 4.78 is 0. The largest absolute Gasteiger partial charge is 0.345 e. The van der Waals surface area contributed by atoms with Gasteiger partial charge in [-0.3, -0.25) is 4.98 Å². The Morgan fingerprint density at radius 1 is 0.652 bits per heavy atom. The second kappa shape index (κ2) is 5.89. The summed E-state index contributed by atoms with van der Waals surface area (Å²) in [7, 11) is 0. The number of pyridine rings is 1. The number of hydrogen-bond donors (Lipinski definition) is 1. The van der Waals surface area contributed by atoms with E-state index in [0.717, 1.165) is 16.6 Å². The minimum absolute atomic E-state index is 1.03. The summed E-state index contributed by atoms with van der Waals surface area (Å²) in [6.45, 7) is 0. The van der Waals surface area contributed by atoms with E-state index in [1.54, 1.807) is 6.33 Å². The molecule has 0 saturated carbocycles. The second-order valence-corrected chi connectivity index (χ2v) is 5.28. The van der Waals surface area contributed by atoms with Crippen LogP contribution in [-0.4, -0.2) is 15.0 Å². The molecule has 3 aromatic carbocycles. The van der Waals surface area contributed by atoms with E-state index < -0.39 is 0 Å². The summed E-state index contributed by atoms with van der Waals surface area (Å²) in [4.78, 5) is 11.5. The summed E-state index contributed by atoms with van der Waals surface area (Å²) in [5.41, 5.74) is 3.21. The van der Waals surface area contributed by atoms with Crippen LogP contribution in [0.3, 0.4) is 0 Å². The number of imidazole rings is 1. The Hall–Kier alpha value is -3.20. The van der Waals surface area contributed by atoms with Gasteiger partial charge in [-0.2, -0.15) is 0 Å². The van der Waals surface area contributed by atoms with Gasteiger partial charge in [-0.25, -0.2) is 4.98 Å². The SMILES string of the molecule is c1ccc2[nH]cnc2c1.c1ccc2c(c1)ccc1cccnc12. The molecular weight excluding hydrogens is 282 g/mol. The van der Waals surface area contributed by atoms with Gasteiger partial charge < -0.3 is 4.98 Å². The number of rotatable bonds is 0. The average molecular weight is 297 g/mol. The van der Waals surface area contributed by atoms with Crippen LogP contribution < -0.4 is 0 Å². The van der Waals surface area contributed by atoms with Crippen LogP contribution in [-0.2, 0) is 0 Å². The molecule has 0 bridgehead atoms. The van der Waals surface area contributed by atoms with E-state index in [9.17, 15) is 0 Å². The maximum Gasteiger partial charge on any atom is 0.0931 e. The molecule has 3 heteroatoms. The lowest BCUT2D eigenvalue weighted by Crippen LogP contribution is -1.79. The van der Waals surface area contributed by atoms with E-state index in [4.69, 9.17) is 0 Å². The first kappa shape index (κ1) is 13.5. The van der Waals surface area contributed by atoms with Crippen molar-refractivity contribution < 1.29 is 0 Å². The minimum Gasteiger partial charge on any atom is -0.345 e. The van der Waals surface area contributed by atoms with Crippen molar-refractivity contribution in [2.45, 2.75) is 0 Å². The number of nitrogens with zero attached hydrogens (tertiary/aromatic N) is 2. The highest BCUT2D eigenvalue weighted by Gasteiger charge is 1.98. The van der Waals surface area contributed by atoms with Gasteiger partial charge in [0.15, 0.2) is 0 Å². The Kier molecular flexibility index (Phi) is 3.45. The summed E-state index contributed by atoms with van der Waals surface area (Å²) in [5.74, 6) is 0. The molecular formula is C20H15N3. The molecule has 0 aliphatic rings. The van der Waals surface area contributed by atoms with E-state index in [1.807, 2.05) is 36.5 Å². The molecule has 0 amide bonds. The fraction of sp³-hybridized carbons (Fsp3) is 0. The summed E-state index contributed by atoms with van der Waals surface area (Å²) >= 11 is 0. The molecule has 0 spiro atoms. The molecule has 1 N–H and O–H groups in total. The topological polar surface area (TPSA) is 41.6 Å². The molecule has 0 atom stereocenters. The third kappa shape index (κ3) is 2.64. The number of para-hydroxylation sites is 2. The number of aromatic nitrogens is 3. The standard InChI is InChI=1S/C13H9N.C7H6N2/c1-2-6-12-10(4-1)7-8-11-5-3-9-14-13(11)12;1-2-4-7-6(3-1)8-5-9-7/h1-9H;1-5H,(H,8,9). The smallest absolute Gasteiger partial charge is 0.0931 e. The molecule has 110 valence electrons. The Morgan fingerprint density at radius 3 is 2.39 bits per heavy atom. The molecule has 2 heterocycles. The van der Waals surface area contributed by atoms with Crippen molar-refractivity contribution in [2.75, 3.05) is 0 Å². The van der Waals surface area contributed by atoms with Crippen molar-refractivity contribution in [3.63, 3.8) is 0 Å². The van der Waals surface area contributed by atoms with Crippen LogP contribution >= 0.6 is 0 Å². The summed E-state index contributed by atoms with van der Waals surface area (Å²) in [6, 6.07) is 24.6. The van der Waals surface area contributed by atoms with E-state index in [2.05, 4.69) is 57.4 Å². The predicted molar refractivity (Wildman–Crippen MR) is 95.3 cm³/mol. The van der Waals surface area contributed by atoms with Crippen LogP contribution in [0.4, 0.5) is 0 Å². The van der Waals surface area contributed by atoms with E-state index in [0.29, 0.717) is 0 Å². The Morgan fingerprint density at radius 2 is 1.43 bits per heavy atom. The van der Waals surface area contributed by atoms with Crippen LogP contribution in [0.15, 0.2) is 85.3 Å². The molecule has 0 saturated heterocycles. The molecule has 0 radical (unpaired) electrons. The highest BCUT2D eigenvalue weighted by atomic mass is 14.9. The van der Waals surface area contributed by atoms with Crippen LogP contribution in [0.2, 0.25) is 0 Å². The van der Waals surface area contributed by atoms with Crippen molar-refractivity contribution >= 4 is 32.7 Å². The number of fused-ring (bicyclic) bond motifs is 4. The third-order valence-corrected chi connectivity index (χ3v) is 3.83. The molecule has 23 heavy (non-hydrogen) atoms. The van der Waals surface area contributed by atoms with Gasteiger partial charge in [0.1, 0.15) is 0 Å². The summed E-state index contributed by atoms with van der Waals surface area (Å²) in [5, 5.41) is 3.68. The fourth-order valence-electron chi connectivity index (χ4n) is 2.69. The highest BCUT2D eigenvalue weighted by molar-refractivity contribution is 6.04. The third-order valence-electron chi connectivity index (χ3n) is 3.83. The number of nitrogens with one attached hydrogen (secondary N) is 1. The van der Waals surface area contributed by atoms with Gasteiger partial charge in [-0.1, -0.05) is 54.6 Å². The lowest BCUT2D eigenvalue weighted by atomic mass is 10.1. The number of benzene rings is 3. The molecule has 0 unspecified atom stereocenters. The molecule has 5 rings (SSSR count). The van der Waals surface area contributed by atoms with E-state index in [1.165, 1.54) is 16.2 Å². The van der Waals surface area contributed by atoms with E-state index >= 15 is 0 Å². The molecule has 0 aliphatic heterocycles. The molecule has 5 aromatic rings. The number of hydrogen-bond acceptors (Lipinski definition) is 2. The van der Waals surface area contributed by atoms with Crippen molar-refractivity contribution in [3.8, 4) is 0 Å². The van der Waals surface area contributed by atoms with Crippen LogP contribution in [0.5, 0.6) is 0 Å². The molecule has 3 nitrogen and oxygen atoms in total. The van der Waals surface area contributed by atoms with Crippen LogP contribution in [0, 0.1) is 0 Å². The van der Waals surface area contributed by atoms with Gasteiger partial charge in [0.05, 0.1) is 22.9 Å². The molecule has 2 aromatic heterocycles. The lowest BCUT2D eigenvalue weighted by Gasteiger charge is -2.01. The van der Waals surface area contributed by atoms with Crippen LogP contribution in [0.1, 0.15) is 0 Å². The first-order valence-electron chi connectivity index (χ1n) is 7.52. The minimum atomic E-state index is 1.03.